The molecule has 0 unspecified atom stereocenters. The number of hydrogen-bond donors (Lipinski definition) is 1. The van der Waals surface area contributed by atoms with Gasteiger partial charge in [0.25, 0.3) is 5.91 Å². The second kappa shape index (κ2) is 7.35. The third-order valence-electron chi connectivity index (χ3n) is 5.92. The van der Waals surface area contributed by atoms with Crippen LogP contribution in [0.5, 0.6) is 0 Å². The predicted molar refractivity (Wildman–Crippen MR) is 104 cm³/mol. The van der Waals surface area contributed by atoms with Crippen molar-refractivity contribution in [3.8, 4) is 0 Å². The van der Waals surface area contributed by atoms with E-state index in [0.717, 1.165) is 5.56 Å². The molecule has 29 heavy (non-hydrogen) atoms. The van der Waals surface area contributed by atoms with E-state index in [4.69, 9.17) is 4.74 Å². The number of aromatic nitrogens is 2. The van der Waals surface area contributed by atoms with E-state index >= 15 is 0 Å². The molecule has 2 aromatic rings. The standard InChI is InChI=1S/C21H24N4O4/c1-12-18(13(2)23-22-12)20(27)24-10-15-9-16(21(28)29-3)19(25(15)17(26)11-24)14-7-5-4-6-8-14/h4-8,15-16,19H,9-11H2,1-3H3,(H,22,23)/t15-,16-,19-/m0/s1. The fraction of sp³-hybridized carbons (Fsp3) is 0.429. The van der Waals surface area contributed by atoms with Gasteiger partial charge in [-0.3, -0.25) is 19.5 Å². The van der Waals surface area contributed by atoms with Crippen molar-refractivity contribution < 1.29 is 19.1 Å². The second-order valence-corrected chi connectivity index (χ2v) is 7.67. The van der Waals surface area contributed by atoms with Gasteiger partial charge < -0.3 is 14.5 Å². The number of nitrogens with one attached hydrogen (secondary N) is 1. The largest absolute Gasteiger partial charge is 0.469 e. The lowest BCUT2D eigenvalue weighted by Gasteiger charge is -2.40. The first-order valence-electron chi connectivity index (χ1n) is 9.67. The number of aromatic amines is 1. The summed E-state index contributed by atoms with van der Waals surface area (Å²) in [6.07, 6.45) is 0.463. The topological polar surface area (TPSA) is 95.6 Å². The third kappa shape index (κ3) is 3.18. The highest BCUT2D eigenvalue weighted by Crippen LogP contribution is 2.43. The van der Waals surface area contributed by atoms with E-state index in [1.54, 1.807) is 23.6 Å². The number of H-pyrrole nitrogens is 1. The number of amides is 2. The highest BCUT2D eigenvalue weighted by Gasteiger charge is 2.51. The van der Waals surface area contributed by atoms with Gasteiger partial charge in [-0.2, -0.15) is 5.10 Å². The predicted octanol–water partition coefficient (Wildman–Crippen LogP) is 1.61. The molecule has 1 aromatic carbocycles. The van der Waals surface area contributed by atoms with Crippen LogP contribution in [0, 0.1) is 19.8 Å². The smallest absolute Gasteiger partial charge is 0.311 e. The molecule has 0 radical (unpaired) electrons. The summed E-state index contributed by atoms with van der Waals surface area (Å²) in [5, 5.41) is 6.91. The zero-order chi connectivity index (χ0) is 20.7. The number of aryl methyl sites for hydroxylation is 2. The van der Waals surface area contributed by atoms with Crippen LogP contribution in [0.4, 0.5) is 0 Å². The van der Waals surface area contributed by atoms with E-state index in [0.29, 0.717) is 29.9 Å². The minimum absolute atomic E-state index is 0.0172. The summed E-state index contributed by atoms with van der Waals surface area (Å²) < 4.78 is 5.02. The molecule has 0 bridgehead atoms. The number of fused-ring (bicyclic) bond motifs is 1. The molecule has 152 valence electrons. The number of benzene rings is 1. The quantitative estimate of drug-likeness (QED) is 0.796. The van der Waals surface area contributed by atoms with Gasteiger partial charge in [0.1, 0.15) is 6.54 Å². The Labute approximate surface area is 168 Å². The van der Waals surface area contributed by atoms with Gasteiger partial charge in [0.05, 0.1) is 36.4 Å². The van der Waals surface area contributed by atoms with Crippen LogP contribution in [0.3, 0.4) is 0 Å². The van der Waals surface area contributed by atoms with Crippen molar-refractivity contribution in [2.75, 3.05) is 20.2 Å². The second-order valence-electron chi connectivity index (χ2n) is 7.67. The van der Waals surface area contributed by atoms with Crippen molar-refractivity contribution >= 4 is 17.8 Å². The zero-order valence-corrected chi connectivity index (χ0v) is 16.7. The minimum atomic E-state index is -0.455. The Morgan fingerprint density at radius 3 is 2.55 bits per heavy atom. The number of carbonyl (C=O) groups excluding carboxylic acids is 3. The number of hydrogen-bond acceptors (Lipinski definition) is 5. The number of nitrogens with zero attached hydrogens (tertiary/aromatic N) is 3. The highest BCUT2D eigenvalue weighted by molar-refractivity contribution is 5.99. The van der Waals surface area contributed by atoms with E-state index in [9.17, 15) is 14.4 Å². The Bertz CT molecular complexity index is 935. The Morgan fingerprint density at radius 2 is 1.93 bits per heavy atom. The van der Waals surface area contributed by atoms with Crippen LogP contribution in [0.15, 0.2) is 30.3 Å². The molecule has 0 aliphatic carbocycles. The van der Waals surface area contributed by atoms with Gasteiger partial charge >= 0.3 is 5.97 Å². The molecule has 2 aliphatic rings. The summed E-state index contributed by atoms with van der Waals surface area (Å²) in [7, 11) is 1.36. The molecule has 1 aromatic heterocycles. The molecule has 0 spiro atoms. The van der Waals surface area contributed by atoms with Crippen molar-refractivity contribution in [2.45, 2.75) is 32.4 Å². The van der Waals surface area contributed by atoms with Crippen molar-refractivity contribution in [1.82, 2.24) is 20.0 Å². The summed E-state index contributed by atoms with van der Waals surface area (Å²) in [5.74, 6) is -1.16. The maximum atomic E-state index is 13.1. The van der Waals surface area contributed by atoms with Gasteiger partial charge in [-0.15, -0.1) is 0 Å². The van der Waals surface area contributed by atoms with E-state index in [-0.39, 0.29) is 36.4 Å². The number of ether oxygens (including phenoxy) is 1. The van der Waals surface area contributed by atoms with E-state index in [1.165, 1.54) is 7.11 Å². The van der Waals surface area contributed by atoms with Crippen LogP contribution >= 0.6 is 0 Å². The number of esters is 1. The first-order valence-corrected chi connectivity index (χ1v) is 9.67. The van der Waals surface area contributed by atoms with Gasteiger partial charge in [0, 0.05) is 12.2 Å². The first kappa shape index (κ1) is 19.2. The van der Waals surface area contributed by atoms with Crippen molar-refractivity contribution in [3.05, 3.63) is 52.8 Å². The van der Waals surface area contributed by atoms with Gasteiger partial charge in [-0.1, -0.05) is 30.3 Å². The van der Waals surface area contributed by atoms with E-state index < -0.39 is 5.92 Å². The lowest BCUT2D eigenvalue weighted by molar-refractivity contribution is -0.147. The van der Waals surface area contributed by atoms with Crippen molar-refractivity contribution in [3.63, 3.8) is 0 Å². The molecule has 3 heterocycles. The van der Waals surface area contributed by atoms with Crippen molar-refractivity contribution in [1.29, 1.82) is 0 Å². The summed E-state index contributed by atoms with van der Waals surface area (Å²) in [6.45, 7) is 3.92. The summed E-state index contributed by atoms with van der Waals surface area (Å²) in [4.78, 5) is 42.0. The molecule has 8 heteroatoms. The average molecular weight is 396 g/mol. The minimum Gasteiger partial charge on any atom is -0.469 e. The van der Waals surface area contributed by atoms with Crippen molar-refractivity contribution in [2.24, 2.45) is 5.92 Å². The van der Waals surface area contributed by atoms with Gasteiger partial charge in [0.15, 0.2) is 0 Å². The SMILES string of the molecule is COC(=O)[C@H]1C[C@H]2CN(C(=O)c3c(C)n[nH]c3C)CC(=O)N2[C@H]1c1ccccc1. The van der Waals surface area contributed by atoms with Crippen LogP contribution in [0.1, 0.15) is 39.8 Å². The molecule has 4 rings (SSSR count). The van der Waals surface area contributed by atoms with Gasteiger partial charge in [0.2, 0.25) is 5.91 Å². The monoisotopic (exact) mass is 396 g/mol. The lowest BCUT2D eigenvalue weighted by Crippen LogP contribution is -2.56. The van der Waals surface area contributed by atoms with E-state index in [2.05, 4.69) is 10.2 Å². The van der Waals surface area contributed by atoms with E-state index in [1.807, 2.05) is 30.3 Å². The fourth-order valence-corrected chi connectivity index (χ4v) is 4.64. The van der Waals surface area contributed by atoms with Crippen LogP contribution < -0.4 is 0 Å². The molecular formula is C21H24N4O4. The summed E-state index contributed by atoms with van der Waals surface area (Å²) in [5.41, 5.74) is 2.71. The zero-order valence-electron chi connectivity index (χ0n) is 16.7. The first-order chi connectivity index (χ1) is 13.9. The average Bonchev–Trinajstić information content (AvgIpc) is 3.27. The highest BCUT2D eigenvalue weighted by atomic mass is 16.5. The lowest BCUT2D eigenvalue weighted by atomic mass is 9.93. The molecule has 2 fully saturated rings. The Morgan fingerprint density at radius 1 is 1.21 bits per heavy atom. The molecule has 1 N–H and O–H groups in total. The van der Waals surface area contributed by atoms with Crippen LogP contribution in [-0.2, 0) is 14.3 Å². The van der Waals surface area contributed by atoms with Gasteiger partial charge in [-0.05, 0) is 25.8 Å². The maximum Gasteiger partial charge on any atom is 0.311 e. The Kier molecular flexibility index (Phi) is 4.86. The molecule has 2 saturated heterocycles. The number of piperazine rings is 1. The molecule has 2 amide bonds. The molecule has 8 nitrogen and oxygen atoms in total. The number of carbonyl (C=O) groups is 3. The normalized spacial score (nSPS) is 23.8. The molecular weight excluding hydrogens is 372 g/mol. The van der Waals surface area contributed by atoms with Crippen LogP contribution in [0.25, 0.3) is 0 Å². The third-order valence-corrected chi connectivity index (χ3v) is 5.92. The Balaban J connectivity index is 1.64. The fourth-order valence-electron chi connectivity index (χ4n) is 4.64. The number of methoxy groups -OCH3 is 1. The van der Waals surface area contributed by atoms with Crippen LogP contribution in [0.2, 0.25) is 0 Å². The molecule has 0 saturated carbocycles. The maximum absolute atomic E-state index is 13.1. The molecule has 3 atom stereocenters. The number of rotatable bonds is 3. The van der Waals surface area contributed by atoms with Gasteiger partial charge in [-0.25, -0.2) is 0 Å². The van der Waals surface area contributed by atoms with Crippen LogP contribution in [-0.4, -0.2) is 64.0 Å². The summed E-state index contributed by atoms with van der Waals surface area (Å²) >= 11 is 0. The summed E-state index contributed by atoms with van der Waals surface area (Å²) in [6, 6.07) is 8.92. The molecule has 2 aliphatic heterocycles. The Hall–Kier alpha value is -3.16.